The molecule has 0 saturated heterocycles. The molecule has 1 atom stereocenters. The fraction of sp³-hybridized carbons (Fsp3) is 0.440. The normalized spacial score (nSPS) is 16.1. The third-order valence-electron chi connectivity index (χ3n) is 5.73. The molecule has 1 unspecified atom stereocenters. The molecule has 0 saturated carbocycles. The lowest BCUT2D eigenvalue weighted by Gasteiger charge is -2.33. The minimum atomic E-state index is -0.391. The van der Waals surface area contributed by atoms with Gasteiger partial charge in [0, 0.05) is 11.0 Å². The summed E-state index contributed by atoms with van der Waals surface area (Å²) in [7, 11) is 1.38. The monoisotopic (exact) mass is 441 g/mol. The van der Waals surface area contributed by atoms with E-state index in [-0.39, 0.29) is 11.3 Å². The lowest BCUT2D eigenvalue weighted by atomic mass is 9.72. The Morgan fingerprint density at radius 3 is 2.55 bits per heavy atom. The van der Waals surface area contributed by atoms with Crippen LogP contribution < -0.4 is 10.1 Å². The molecule has 6 heteroatoms. The van der Waals surface area contributed by atoms with Crippen LogP contribution in [0.1, 0.15) is 60.5 Å². The van der Waals surface area contributed by atoms with E-state index in [1.807, 2.05) is 31.2 Å². The van der Waals surface area contributed by atoms with E-state index in [4.69, 9.17) is 9.47 Å². The molecule has 1 aromatic carbocycles. The van der Waals surface area contributed by atoms with Gasteiger partial charge < -0.3 is 14.8 Å². The number of methoxy groups -OCH3 is 1. The first-order valence-corrected chi connectivity index (χ1v) is 11.5. The van der Waals surface area contributed by atoms with Gasteiger partial charge in [0.05, 0.1) is 19.3 Å². The predicted molar refractivity (Wildman–Crippen MR) is 126 cm³/mol. The number of hydrogen-bond acceptors (Lipinski definition) is 5. The van der Waals surface area contributed by atoms with Crippen LogP contribution in [0.2, 0.25) is 0 Å². The van der Waals surface area contributed by atoms with Crippen LogP contribution >= 0.6 is 11.3 Å². The number of carbonyl (C=O) groups is 2. The van der Waals surface area contributed by atoms with Gasteiger partial charge in [0.1, 0.15) is 10.8 Å². The first-order valence-electron chi connectivity index (χ1n) is 10.7. The van der Waals surface area contributed by atoms with Gasteiger partial charge in [0.15, 0.2) is 0 Å². The lowest BCUT2D eigenvalue weighted by molar-refractivity contribution is -0.111. The number of ether oxygens (including phenoxy) is 2. The molecule has 1 aliphatic carbocycles. The molecule has 1 heterocycles. The fourth-order valence-electron chi connectivity index (χ4n) is 3.90. The highest BCUT2D eigenvalue weighted by Crippen LogP contribution is 2.44. The van der Waals surface area contributed by atoms with Gasteiger partial charge in [0.2, 0.25) is 5.91 Å². The zero-order valence-corrected chi connectivity index (χ0v) is 19.7. The van der Waals surface area contributed by atoms with Gasteiger partial charge in [-0.3, -0.25) is 4.79 Å². The van der Waals surface area contributed by atoms with Gasteiger partial charge in [-0.2, -0.15) is 0 Å². The van der Waals surface area contributed by atoms with E-state index < -0.39 is 5.97 Å². The third kappa shape index (κ3) is 5.56. The second-order valence-electron chi connectivity index (χ2n) is 8.83. The Kier molecular flexibility index (Phi) is 7.21. The number of thiophene rings is 1. The molecule has 3 rings (SSSR count). The number of benzene rings is 1. The fourth-order valence-corrected chi connectivity index (χ4v) is 5.22. The molecule has 0 radical (unpaired) electrons. The zero-order valence-electron chi connectivity index (χ0n) is 18.9. The summed E-state index contributed by atoms with van der Waals surface area (Å²) in [4.78, 5) is 26.3. The minimum absolute atomic E-state index is 0.205. The maximum absolute atomic E-state index is 12.6. The van der Waals surface area contributed by atoms with E-state index in [1.165, 1.54) is 29.4 Å². The molecule has 1 aromatic heterocycles. The first-order chi connectivity index (χ1) is 14.7. The summed E-state index contributed by atoms with van der Waals surface area (Å²) >= 11 is 1.50. The van der Waals surface area contributed by atoms with Crippen molar-refractivity contribution in [2.75, 3.05) is 19.0 Å². The quantitative estimate of drug-likeness (QED) is 0.459. The number of esters is 1. The molecule has 0 fully saturated rings. The first kappa shape index (κ1) is 23.1. The van der Waals surface area contributed by atoms with Crippen molar-refractivity contribution in [1.29, 1.82) is 0 Å². The molecule has 2 aromatic rings. The molecule has 0 bridgehead atoms. The van der Waals surface area contributed by atoms with Crippen LogP contribution in [0, 0.1) is 11.3 Å². The van der Waals surface area contributed by atoms with Crippen molar-refractivity contribution >= 4 is 34.3 Å². The summed E-state index contributed by atoms with van der Waals surface area (Å²) in [5.41, 5.74) is 2.64. The second kappa shape index (κ2) is 9.69. The highest BCUT2D eigenvalue weighted by atomic mass is 32.1. The van der Waals surface area contributed by atoms with Crippen LogP contribution in [0.3, 0.4) is 0 Å². The number of fused-ring (bicyclic) bond motifs is 1. The largest absolute Gasteiger partial charge is 0.494 e. The van der Waals surface area contributed by atoms with Crippen molar-refractivity contribution in [2.45, 2.75) is 47.0 Å². The van der Waals surface area contributed by atoms with Gasteiger partial charge >= 0.3 is 5.97 Å². The number of nitrogens with one attached hydrogen (secondary N) is 1. The predicted octanol–water partition coefficient (Wildman–Crippen LogP) is 5.74. The Balaban J connectivity index is 1.78. The standard InChI is InChI=1S/C25H31NO4S/c1-6-30-18-11-7-16(8-12-18)9-14-21(27)26-23-22(24(28)29-5)19-13-10-17(25(2,3)4)15-20(19)31-23/h7-9,11-12,14,17H,6,10,13,15H2,1-5H3,(H,26,27). The molecule has 166 valence electrons. The van der Waals surface area contributed by atoms with Crippen molar-refractivity contribution in [2.24, 2.45) is 11.3 Å². The van der Waals surface area contributed by atoms with E-state index in [9.17, 15) is 9.59 Å². The molecule has 0 aliphatic heterocycles. The Morgan fingerprint density at radius 1 is 1.23 bits per heavy atom. The highest BCUT2D eigenvalue weighted by molar-refractivity contribution is 7.17. The smallest absolute Gasteiger partial charge is 0.341 e. The zero-order chi connectivity index (χ0) is 22.6. The Labute approximate surface area is 188 Å². The topological polar surface area (TPSA) is 64.6 Å². The van der Waals surface area contributed by atoms with E-state index in [1.54, 1.807) is 6.08 Å². The van der Waals surface area contributed by atoms with Crippen molar-refractivity contribution in [3.8, 4) is 5.75 Å². The van der Waals surface area contributed by atoms with Crippen molar-refractivity contribution in [3.63, 3.8) is 0 Å². The van der Waals surface area contributed by atoms with Gasteiger partial charge in [-0.25, -0.2) is 4.79 Å². The third-order valence-corrected chi connectivity index (χ3v) is 6.90. The minimum Gasteiger partial charge on any atom is -0.494 e. The highest BCUT2D eigenvalue weighted by Gasteiger charge is 2.34. The summed E-state index contributed by atoms with van der Waals surface area (Å²) in [6.45, 7) is 9.32. The second-order valence-corrected chi connectivity index (χ2v) is 9.94. The number of amides is 1. The van der Waals surface area contributed by atoms with E-state index >= 15 is 0 Å². The van der Waals surface area contributed by atoms with Crippen molar-refractivity contribution in [1.82, 2.24) is 0 Å². The van der Waals surface area contributed by atoms with E-state index in [2.05, 4.69) is 26.1 Å². The Bertz CT molecular complexity index is 967. The molecule has 1 aliphatic rings. The van der Waals surface area contributed by atoms with Crippen LogP contribution in [0.25, 0.3) is 6.08 Å². The summed E-state index contributed by atoms with van der Waals surface area (Å²) < 4.78 is 10.5. The van der Waals surface area contributed by atoms with Crippen LogP contribution in [0.4, 0.5) is 5.00 Å². The van der Waals surface area contributed by atoms with Crippen LogP contribution in [-0.4, -0.2) is 25.6 Å². The molecule has 1 N–H and O–H groups in total. The lowest BCUT2D eigenvalue weighted by Crippen LogP contribution is -2.26. The Hall–Kier alpha value is -2.60. The average molecular weight is 442 g/mol. The van der Waals surface area contributed by atoms with Gasteiger partial charge in [-0.1, -0.05) is 32.9 Å². The van der Waals surface area contributed by atoms with Crippen LogP contribution in [0.5, 0.6) is 5.75 Å². The van der Waals surface area contributed by atoms with E-state index in [0.29, 0.717) is 23.1 Å². The van der Waals surface area contributed by atoms with Crippen molar-refractivity contribution < 1.29 is 19.1 Å². The average Bonchev–Trinajstić information content (AvgIpc) is 3.09. The number of anilines is 1. The van der Waals surface area contributed by atoms with Gasteiger partial charge in [-0.15, -0.1) is 11.3 Å². The SMILES string of the molecule is CCOc1ccc(C=CC(=O)Nc2sc3c(c2C(=O)OC)CCC(C(C)(C)C)C3)cc1. The molecule has 31 heavy (non-hydrogen) atoms. The maximum Gasteiger partial charge on any atom is 0.341 e. The number of hydrogen-bond donors (Lipinski definition) is 1. The van der Waals surface area contributed by atoms with Gasteiger partial charge in [0.25, 0.3) is 0 Å². The summed E-state index contributed by atoms with van der Waals surface area (Å²) in [5, 5.41) is 3.48. The number of carbonyl (C=O) groups excluding carboxylic acids is 2. The Morgan fingerprint density at radius 2 is 1.94 bits per heavy atom. The number of rotatable bonds is 6. The molecular weight excluding hydrogens is 410 g/mol. The summed E-state index contributed by atoms with van der Waals surface area (Å²) in [5.74, 6) is 0.680. The van der Waals surface area contributed by atoms with Crippen LogP contribution in [-0.2, 0) is 22.4 Å². The molecule has 0 spiro atoms. The van der Waals surface area contributed by atoms with Gasteiger partial charge in [-0.05, 0) is 66.9 Å². The molecule has 1 amide bonds. The molecule has 5 nitrogen and oxygen atoms in total. The summed E-state index contributed by atoms with van der Waals surface area (Å²) in [6.07, 6.45) is 6.00. The molecular formula is C25H31NO4S. The van der Waals surface area contributed by atoms with Crippen LogP contribution in [0.15, 0.2) is 30.3 Å². The summed E-state index contributed by atoms with van der Waals surface area (Å²) in [6, 6.07) is 7.53. The van der Waals surface area contributed by atoms with E-state index in [0.717, 1.165) is 36.1 Å². The van der Waals surface area contributed by atoms with Crippen molar-refractivity contribution in [3.05, 3.63) is 51.9 Å². The maximum atomic E-state index is 12.6.